The molecule has 1 aliphatic heterocycles. The van der Waals surface area contributed by atoms with Crippen molar-refractivity contribution in [3.63, 3.8) is 0 Å². The van der Waals surface area contributed by atoms with Crippen molar-refractivity contribution in [2.24, 2.45) is 5.92 Å². The molecular formula is C16H23NO2. The Labute approximate surface area is 115 Å². The third-order valence-corrected chi connectivity index (χ3v) is 4.18. The summed E-state index contributed by atoms with van der Waals surface area (Å²) in [6.45, 7) is 8.60. The molecule has 1 heterocycles. The minimum atomic E-state index is -0.804. The standard InChI is InChI=1S/C16H23NO2/c1-4-15(11(2)3)17-9-8-13-12(10-17)6-5-7-14(13)16(18)19/h5-7,11,15H,4,8-10H2,1-3H3,(H,18,19). The Balaban J connectivity index is 2.25. The Morgan fingerprint density at radius 3 is 2.74 bits per heavy atom. The van der Waals surface area contributed by atoms with E-state index in [-0.39, 0.29) is 0 Å². The van der Waals surface area contributed by atoms with Crippen LogP contribution in [0.2, 0.25) is 0 Å². The largest absolute Gasteiger partial charge is 0.478 e. The molecule has 0 spiro atoms. The summed E-state index contributed by atoms with van der Waals surface area (Å²) in [6.07, 6.45) is 1.99. The first-order valence-corrected chi connectivity index (χ1v) is 7.12. The molecule has 2 rings (SSSR count). The van der Waals surface area contributed by atoms with E-state index in [0.29, 0.717) is 17.5 Å². The first kappa shape index (κ1) is 14.1. The predicted molar refractivity (Wildman–Crippen MR) is 76.4 cm³/mol. The molecule has 1 aromatic carbocycles. The SMILES string of the molecule is CCC(C(C)C)N1CCc2c(cccc2C(=O)O)C1. The molecule has 1 atom stereocenters. The van der Waals surface area contributed by atoms with Crippen LogP contribution in [0.1, 0.15) is 48.7 Å². The van der Waals surface area contributed by atoms with Gasteiger partial charge in [0.2, 0.25) is 0 Å². The molecular weight excluding hydrogens is 238 g/mol. The Kier molecular flexibility index (Phi) is 4.25. The zero-order valence-corrected chi connectivity index (χ0v) is 12.0. The third kappa shape index (κ3) is 2.81. The van der Waals surface area contributed by atoms with Gasteiger partial charge in [-0.1, -0.05) is 32.9 Å². The molecule has 1 aromatic rings. The topological polar surface area (TPSA) is 40.5 Å². The Bertz CT molecular complexity index is 468. The molecule has 0 radical (unpaired) electrons. The van der Waals surface area contributed by atoms with Gasteiger partial charge in [-0.2, -0.15) is 0 Å². The monoisotopic (exact) mass is 261 g/mol. The number of benzene rings is 1. The first-order chi connectivity index (χ1) is 9.04. The smallest absolute Gasteiger partial charge is 0.335 e. The lowest BCUT2D eigenvalue weighted by atomic mass is 9.91. The second kappa shape index (κ2) is 5.74. The van der Waals surface area contributed by atoms with Crippen LogP contribution in [-0.4, -0.2) is 28.6 Å². The zero-order chi connectivity index (χ0) is 14.0. The van der Waals surface area contributed by atoms with Gasteiger partial charge in [0.05, 0.1) is 5.56 Å². The number of hydrogen-bond acceptors (Lipinski definition) is 2. The minimum Gasteiger partial charge on any atom is -0.478 e. The van der Waals surface area contributed by atoms with Crippen LogP contribution >= 0.6 is 0 Å². The maximum atomic E-state index is 11.2. The summed E-state index contributed by atoms with van der Waals surface area (Å²) >= 11 is 0. The number of rotatable bonds is 4. The molecule has 104 valence electrons. The van der Waals surface area contributed by atoms with Gasteiger partial charge in [-0.3, -0.25) is 4.90 Å². The van der Waals surface area contributed by atoms with Gasteiger partial charge in [-0.05, 0) is 36.0 Å². The third-order valence-electron chi connectivity index (χ3n) is 4.18. The van der Waals surface area contributed by atoms with Crippen LogP contribution in [0.15, 0.2) is 18.2 Å². The number of carboxylic acid groups (broad SMARTS) is 1. The van der Waals surface area contributed by atoms with Gasteiger partial charge in [-0.15, -0.1) is 0 Å². The van der Waals surface area contributed by atoms with Crippen molar-refractivity contribution in [2.45, 2.75) is 46.2 Å². The van der Waals surface area contributed by atoms with Crippen LogP contribution in [0.5, 0.6) is 0 Å². The van der Waals surface area contributed by atoms with E-state index in [1.807, 2.05) is 6.07 Å². The molecule has 0 saturated carbocycles. The Morgan fingerprint density at radius 2 is 2.16 bits per heavy atom. The number of carbonyl (C=O) groups is 1. The van der Waals surface area contributed by atoms with E-state index in [1.54, 1.807) is 6.07 Å². The Morgan fingerprint density at radius 1 is 1.42 bits per heavy atom. The number of fused-ring (bicyclic) bond motifs is 1. The molecule has 0 aromatic heterocycles. The average molecular weight is 261 g/mol. The molecule has 1 unspecified atom stereocenters. The molecule has 0 bridgehead atoms. The molecule has 19 heavy (non-hydrogen) atoms. The van der Waals surface area contributed by atoms with Crippen molar-refractivity contribution in [3.8, 4) is 0 Å². The van der Waals surface area contributed by atoms with E-state index in [1.165, 1.54) is 5.56 Å². The summed E-state index contributed by atoms with van der Waals surface area (Å²) in [4.78, 5) is 13.7. The maximum absolute atomic E-state index is 11.2. The number of hydrogen-bond donors (Lipinski definition) is 1. The van der Waals surface area contributed by atoms with Crippen LogP contribution in [0.3, 0.4) is 0 Å². The number of aromatic carboxylic acids is 1. The summed E-state index contributed by atoms with van der Waals surface area (Å²) in [5, 5.41) is 9.24. The molecule has 1 N–H and O–H groups in total. The van der Waals surface area contributed by atoms with Gasteiger partial charge in [0.25, 0.3) is 0 Å². The molecule has 0 saturated heterocycles. The number of carboxylic acids is 1. The Hall–Kier alpha value is -1.35. The van der Waals surface area contributed by atoms with Gasteiger partial charge in [0.1, 0.15) is 0 Å². The van der Waals surface area contributed by atoms with E-state index in [2.05, 4.69) is 31.7 Å². The normalized spacial score (nSPS) is 17.3. The second-order valence-electron chi connectivity index (χ2n) is 5.69. The van der Waals surface area contributed by atoms with Crippen LogP contribution in [0.4, 0.5) is 0 Å². The maximum Gasteiger partial charge on any atom is 0.335 e. The quantitative estimate of drug-likeness (QED) is 0.905. The second-order valence-corrected chi connectivity index (χ2v) is 5.69. The zero-order valence-electron chi connectivity index (χ0n) is 12.0. The highest BCUT2D eigenvalue weighted by Crippen LogP contribution is 2.26. The van der Waals surface area contributed by atoms with Crippen molar-refractivity contribution in [1.82, 2.24) is 4.90 Å². The van der Waals surface area contributed by atoms with Crippen molar-refractivity contribution >= 4 is 5.97 Å². The molecule has 1 aliphatic rings. The van der Waals surface area contributed by atoms with E-state index >= 15 is 0 Å². The first-order valence-electron chi connectivity index (χ1n) is 7.12. The molecule has 0 fully saturated rings. The van der Waals surface area contributed by atoms with E-state index in [4.69, 9.17) is 0 Å². The van der Waals surface area contributed by atoms with Gasteiger partial charge in [-0.25, -0.2) is 4.79 Å². The van der Waals surface area contributed by atoms with Crippen molar-refractivity contribution < 1.29 is 9.90 Å². The lowest BCUT2D eigenvalue weighted by Gasteiger charge is -2.37. The van der Waals surface area contributed by atoms with Crippen LogP contribution < -0.4 is 0 Å². The highest BCUT2D eigenvalue weighted by Gasteiger charge is 2.26. The van der Waals surface area contributed by atoms with Gasteiger partial charge < -0.3 is 5.11 Å². The van der Waals surface area contributed by atoms with E-state index in [0.717, 1.165) is 31.5 Å². The summed E-state index contributed by atoms with van der Waals surface area (Å²) < 4.78 is 0. The van der Waals surface area contributed by atoms with Crippen LogP contribution in [0, 0.1) is 5.92 Å². The molecule has 0 aliphatic carbocycles. The van der Waals surface area contributed by atoms with Gasteiger partial charge >= 0.3 is 5.97 Å². The summed E-state index contributed by atoms with van der Waals surface area (Å²) in [5.74, 6) is -0.171. The summed E-state index contributed by atoms with van der Waals surface area (Å²) in [7, 11) is 0. The average Bonchev–Trinajstić information content (AvgIpc) is 2.38. The summed E-state index contributed by atoms with van der Waals surface area (Å²) in [6, 6.07) is 6.24. The highest BCUT2D eigenvalue weighted by molar-refractivity contribution is 5.89. The number of nitrogens with zero attached hydrogens (tertiary/aromatic N) is 1. The lowest BCUT2D eigenvalue weighted by molar-refractivity contribution is 0.0693. The van der Waals surface area contributed by atoms with Crippen molar-refractivity contribution in [2.75, 3.05) is 6.54 Å². The lowest BCUT2D eigenvalue weighted by Crippen LogP contribution is -2.42. The van der Waals surface area contributed by atoms with Crippen LogP contribution in [0.25, 0.3) is 0 Å². The molecule has 3 nitrogen and oxygen atoms in total. The fourth-order valence-corrected chi connectivity index (χ4v) is 3.27. The predicted octanol–water partition coefficient (Wildman–Crippen LogP) is 3.18. The van der Waals surface area contributed by atoms with Gasteiger partial charge in [0.15, 0.2) is 0 Å². The summed E-state index contributed by atoms with van der Waals surface area (Å²) in [5.41, 5.74) is 2.70. The highest BCUT2D eigenvalue weighted by atomic mass is 16.4. The van der Waals surface area contributed by atoms with Crippen molar-refractivity contribution in [3.05, 3.63) is 34.9 Å². The fraction of sp³-hybridized carbons (Fsp3) is 0.562. The fourth-order valence-electron chi connectivity index (χ4n) is 3.27. The van der Waals surface area contributed by atoms with Gasteiger partial charge in [0, 0.05) is 19.1 Å². The van der Waals surface area contributed by atoms with E-state index in [9.17, 15) is 9.90 Å². The van der Waals surface area contributed by atoms with Crippen molar-refractivity contribution in [1.29, 1.82) is 0 Å². The minimum absolute atomic E-state index is 0.481. The van der Waals surface area contributed by atoms with E-state index < -0.39 is 5.97 Å². The molecule has 0 amide bonds. The molecule has 3 heteroatoms. The van der Waals surface area contributed by atoms with Crippen LogP contribution in [-0.2, 0) is 13.0 Å².